The third-order valence-electron chi connectivity index (χ3n) is 0.266. The molecule has 0 fully saturated rings. The molecule has 0 aliphatic carbocycles. The van der Waals surface area contributed by atoms with Crippen LogP contribution < -0.4 is 0 Å². The van der Waals surface area contributed by atoms with E-state index in [2.05, 4.69) is 38.6 Å². The van der Waals surface area contributed by atoms with E-state index < -0.39 is 5.97 Å². The zero-order chi connectivity index (χ0) is 13.1. The highest BCUT2D eigenvalue weighted by atomic mass is 35.5. The van der Waals surface area contributed by atoms with Gasteiger partial charge in [-0.1, -0.05) is 44.5 Å². The van der Waals surface area contributed by atoms with Gasteiger partial charge < -0.3 is 5.11 Å². The van der Waals surface area contributed by atoms with Crippen LogP contribution in [-0.4, -0.2) is 11.1 Å². The van der Waals surface area contributed by atoms with Crippen molar-refractivity contribution in [3.63, 3.8) is 0 Å². The van der Waals surface area contributed by atoms with Crippen LogP contribution >= 0.6 is 11.6 Å². The van der Waals surface area contributed by atoms with E-state index in [1.807, 2.05) is 0 Å². The molecule has 0 rings (SSSR count). The van der Waals surface area contributed by atoms with Crippen LogP contribution in [0.5, 0.6) is 0 Å². The van der Waals surface area contributed by atoms with Crippen LogP contribution in [0.2, 0.25) is 0 Å². The lowest BCUT2D eigenvalue weighted by Gasteiger charge is -1.64. The molecule has 0 unspecified atom stereocenters. The van der Waals surface area contributed by atoms with E-state index in [1.54, 1.807) is 6.07 Å². The van der Waals surface area contributed by atoms with Crippen molar-refractivity contribution in [2.45, 2.75) is 0 Å². The number of carboxylic acid groups (broad SMARTS) is 1. The second kappa shape index (κ2) is 40.4. The number of hydrogen-bond donors (Lipinski definition) is 1. The Hall–Kier alpha value is -2.01. The van der Waals surface area contributed by atoms with Crippen LogP contribution in [0, 0.1) is 11.3 Å². The summed E-state index contributed by atoms with van der Waals surface area (Å²) in [6, 6.07) is 1.69. The van der Waals surface area contributed by atoms with Gasteiger partial charge in [-0.3, -0.25) is 0 Å². The van der Waals surface area contributed by atoms with Gasteiger partial charge in [0, 0.05) is 12.2 Å². The summed E-state index contributed by atoms with van der Waals surface area (Å²) in [5.74, 6) is -0.981. The minimum Gasteiger partial charge on any atom is -0.478 e. The molecule has 3 nitrogen and oxygen atoms in total. The van der Waals surface area contributed by atoms with Crippen molar-refractivity contribution < 1.29 is 9.90 Å². The SMILES string of the molecule is C=C=C.C=CC#N.C=CC(=O)O.C=CCl. The maximum Gasteiger partial charge on any atom is 0.327 e. The highest BCUT2D eigenvalue weighted by molar-refractivity contribution is 6.25. The van der Waals surface area contributed by atoms with Gasteiger partial charge in [0.05, 0.1) is 6.07 Å². The first kappa shape index (κ1) is 23.1. The number of nitrogens with zero attached hydrogens (tertiary/aromatic N) is 1. The molecule has 0 amide bonds. The number of aliphatic carboxylic acids is 1. The smallest absolute Gasteiger partial charge is 0.327 e. The normalized spacial score (nSPS) is 4.53. The Labute approximate surface area is 95.6 Å². The minimum absolute atomic E-state index is 0.833. The fraction of sp³-hybridized carbons (Fsp3) is 0. The molecule has 0 aliphatic heterocycles. The van der Waals surface area contributed by atoms with Gasteiger partial charge in [-0.2, -0.15) is 5.26 Å². The van der Waals surface area contributed by atoms with E-state index in [0.717, 1.165) is 6.08 Å². The summed E-state index contributed by atoms with van der Waals surface area (Å²) < 4.78 is 0. The molecule has 0 heterocycles. The Morgan fingerprint density at radius 2 is 1.47 bits per heavy atom. The predicted octanol–water partition coefficient (Wildman–Crippen LogP) is 3.28. The number of halogens is 1. The molecule has 0 aromatic heterocycles. The summed E-state index contributed by atoms with van der Waals surface area (Å²) in [5.41, 5.74) is 3.47. The second-order valence-corrected chi connectivity index (χ2v) is 1.59. The molecule has 0 bridgehead atoms. The van der Waals surface area contributed by atoms with E-state index in [9.17, 15) is 4.79 Å². The molecular weight excluding hydrogens is 214 g/mol. The molecule has 4 heteroatoms. The standard InChI is InChI=1S/C3H3N.C3H4O2.C3H4.C2H3Cl/c1-2-3-4;1-2-3(4)5;1-3-2;1-2-3/h2H,1H2;2H,1H2,(H,4,5);1-2H2;2H,1H2. The predicted molar refractivity (Wildman–Crippen MR) is 64.5 cm³/mol. The second-order valence-electron chi connectivity index (χ2n) is 1.28. The van der Waals surface area contributed by atoms with Gasteiger partial charge >= 0.3 is 5.97 Å². The Bertz CT molecular complexity index is 246. The number of carboxylic acids is 1. The number of nitriles is 1. The lowest BCUT2D eigenvalue weighted by atomic mass is 10.7. The monoisotopic (exact) mass is 227 g/mol. The zero-order valence-corrected chi connectivity index (χ0v) is 9.20. The maximum absolute atomic E-state index is 9.25. The third kappa shape index (κ3) is 1220. The summed E-state index contributed by atoms with van der Waals surface area (Å²) >= 11 is 4.76. The topological polar surface area (TPSA) is 61.1 Å². The van der Waals surface area contributed by atoms with Gasteiger partial charge in [0.2, 0.25) is 0 Å². The summed E-state index contributed by atoms with van der Waals surface area (Å²) in [7, 11) is 0. The van der Waals surface area contributed by atoms with Crippen molar-refractivity contribution in [3.8, 4) is 6.07 Å². The Morgan fingerprint density at radius 3 is 1.47 bits per heavy atom. The molecule has 0 atom stereocenters. The first-order valence-corrected chi connectivity index (χ1v) is 3.82. The van der Waals surface area contributed by atoms with E-state index in [-0.39, 0.29) is 0 Å². The molecule has 1 N–H and O–H groups in total. The molecule has 82 valence electrons. The van der Waals surface area contributed by atoms with Crippen molar-refractivity contribution in [2.75, 3.05) is 0 Å². The first-order valence-electron chi connectivity index (χ1n) is 3.38. The van der Waals surface area contributed by atoms with E-state index >= 15 is 0 Å². The van der Waals surface area contributed by atoms with Gasteiger partial charge in [0.1, 0.15) is 0 Å². The molecule has 0 aromatic rings. The van der Waals surface area contributed by atoms with Crippen molar-refractivity contribution >= 4 is 17.6 Å². The highest BCUT2D eigenvalue weighted by Crippen LogP contribution is 1.60. The van der Waals surface area contributed by atoms with Crippen LogP contribution in [0.3, 0.4) is 0 Å². The molecule has 0 spiro atoms. The van der Waals surface area contributed by atoms with Crippen molar-refractivity contribution in [1.82, 2.24) is 0 Å². The molecular formula is C11H14ClNO2. The lowest BCUT2D eigenvalue weighted by molar-refractivity contribution is -0.131. The van der Waals surface area contributed by atoms with Crippen LogP contribution in [0.25, 0.3) is 0 Å². The van der Waals surface area contributed by atoms with Gasteiger partial charge in [0.15, 0.2) is 0 Å². The van der Waals surface area contributed by atoms with Gasteiger partial charge in [-0.15, -0.1) is 5.73 Å². The van der Waals surface area contributed by atoms with E-state index in [0.29, 0.717) is 0 Å². The average molecular weight is 228 g/mol. The quantitative estimate of drug-likeness (QED) is 0.425. The maximum atomic E-state index is 9.25. The molecule has 15 heavy (non-hydrogen) atoms. The van der Waals surface area contributed by atoms with Crippen molar-refractivity contribution in [3.05, 3.63) is 56.3 Å². The number of hydrogen-bond acceptors (Lipinski definition) is 2. The fourth-order valence-electron chi connectivity index (χ4n) is 0. The van der Waals surface area contributed by atoms with E-state index in [4.69, 9.17) is 22.0 Å². The summed E-state index contributed by atoms with van der Waals surface area (Å²) in [5, 5.41) is 15.1. The molecule has 0 saturated carbocycles. The van der Waals surface area contributed by atoms with Crippen molar-refractivity contribution in [2.24, 2.45) is 0 Å². The minimum atomic E-state index is -0.981. The van der Waals surface area contributed by atoms with Crippen LogP contribution in [-0.2, 0) is 4.79 Å². The first-order chi connectivity index (χ1) is 7.01. The van der Waals surface area contributed by atoms with Crippen LogP contribution in [0.15, 0.2) is 56.3 Å². The Kier molecular flexibility index (Phi) is 62.2. The molecule has 0 aliphatic rings. The number of carbonyl (C=O) groups is 1. The zero-order valence-electron chi connectivity index (χ0n) is 8.45. The molecule has 0 aromatic carbocycles. The van der Waals surface area contributed by atoms with Crippen molar-refractivity contribution in [1.29, 1.82) is 5.26 Å². The fourth-order valence-corrected chi connectivity index (χ4v) is 0. The Morgan fingerprint density at radius 1 is 1.33 bits per heavy atom. The lowest BCUT2D eigenvalue weighted by Crippen LogP contribution is -1.82. The molecule has 0 radical (unpaired) electrons. The average Bonchev–Trinajstić information content (AvgIpc) is 2.20. The number of allylic oxidation sites excluding steroid dienone is 1. The summed E-state index contributed by atoms with van der Waals surface area (Å²) in [6.07, 6.45) is 2.01. The highest BCUT2D eigenvalue weighted by Gasteiger charge is 1.73. The van der Waals surface area contributed by atoms with Crippen LogP contribution in [0.1, 0.15) is 0 Å². The van der Waals surface area contributed by atoms with Crippen LogP contribution in [0.4, 0.5) is 0 Å². The summed E-state index contributed by atoms with van der Waals surface area (Å²) in [4.78, 5) is 9.25. The largest absolute Gasteiger partial charge is 0.478 e. The van der Waals surface area contributed by atoms with Gasteiger partial charge in [-0.05, 0) is 5.54 Å². The molecule has 0 saturated heterocycles. The van der Waals surface area contributed by atoms with Gasteiger partial charge in [-0.25, -0.2) is 4.79 Å². The Balaban J connectivity index is -0.0000000553. The number of rotatable bonds is 1. The van der Waals surface area contributed by atoms with E-state index in [1.165, 1.54) is 11.6 Å². The summed E-state index contributed by atoms with van der Waals surface area (Å²) in [6.45, 7) is 15.5. The third-order valence-corrected chi connectivity index (χ3v) is 0.266. The van der Waals surface area contributed by atoms with Gasteiger partial charge in [0.25, 0.3) is 0 Å².